The molecule has 1 aromatic heterocycles. The molecule has 0 aliphatic carbocycles. The minimum Gasteiger partial charge on any atom is -0.390 e. The molecular weight excluding hydrogens is 190 g/mol. The summed E-state index contributed by atoms with van der Waals surface area (Å²) in [7, 11) is 0. The minimum atomic E-state index is -2.49. The van der Waals surface area contributed by atoms with Gasteiger partial charge in [0, 0.05) is 0 Å². The molecule has 1 heterocycles. The topological polar surface area (TPSA) is 38.1 Å². The third-order valence-corrected chi connectivity index (χ3v) is 1.67. The maximum atomic E-state index is 11.9. The molecule has 0 saturated carbocycles. The maximum absolute atomic E-state index is 11.9. The van der Waals surface area contributed by atoms with E-state index >= 15 is 0 Å². The van der Waals surface area contributed by atoms with Crippen LogP contribution in [0.25, 0.3) is 0 Å². The van der Waals surface area contributed by atoms with Crippen LogP contribution >= 0.6 is 11.6 Å². The third-order valence-electron chi connectivity index (χ3n) is 1.36. The molecule has 6 heteroatoms. The summed E-state index contributed by atoms with van der Waals surface area (Å²) in [6, 6.07) is 0. The van der Waals surface area contributed by atoms with Crippen LogP contribution in [0, 0.1) is 0 Å². The molecule has 3 nitrogen and oxygen atoms in total. The maximum Gasteiger partial charge on any atom is 0.257 e. The van der Waals surface area contributed by atoms with E-state index in [9.17, 15) is 8.78 Å². The van der Waals surface area contributed by atoms with Gasteiger partial charge in [0.1, 0.15) is 6.54 Å². The van der Waals surface area contributed by atoms with Gasteiger partial charge in [0.25, 0.3) is 6.43 Å². The molecule has 1 aromatic rings. The summed E-state index contributed by atoms with van der Waals surface area (Å²) in [5, 5.41) is 12.5. The Morgan fingerprint density at radius 3 is 2.83 bits per heavy atom. The molecule has 0 saturated heterocycles. The van der Waals surface area contributed by atoms with Crippen molar-refractivity contribution in [2.45, 2.75) is 19.6 Å². The van der Waals surface area contributed by atoms with E-state index in [1.165, 1.54) is 6.20 Å². The van der Waals surface area contributed by atoms with Crippen molar-refractivity contribution in [1.29, 1.82) is 0 Å². The van der Waals surface area contributed by atoms with Crippen molar-refractivity contribution in [3.05, 3.63) is 16.9 Å². The van der Waals surface area contributed by atoms with Crippen molar-refractivity contribution < 1.29 is 13.9 Å². The number of hydrogen-bond donors (Lipinski definition) is 1. The summed E-state index contributed by atoms with van der Waals surface area (Å²) >= 11 is 5.54. The van der Waals surface area contributed by atoms with Crippen LogP contribution in [0.4, 0.5) is 8.78 Å². The second-order valence-electron chi connectivity index (χ2n) is 2.17. The number of halogens is 3. The fourth-order valence-electron chi connectivity index (χ4n) is 0.833. The summed E-state index contributed by atoms with van der Waals surface area (Å²) in [5.41, 5.74) is 0.219. The van der Waals surface area contributed by atoms with Crippen molar-refractivity contribution in [3.8, 4) is 0 Å². The number of rotatable bonds is 3. The largest absolute Gasteiger partial charge is 0.390 e. The van der Waals surface area contributed by atoms with Crippen molar-refractivity contribution in [2.75, 3.05) is 0 Å². The van der Waals surface area contributed by atoms with Gasteiger partial charge < -0.3 is 5.11 Å². The van der Waals surface area contributed by atoms with Crippen LogP contribution in [0.5, 0.6) is 0 Å². The highest BCUT2D eigenvalue weighted by Crippen LogP contribution is 2.15. The van der Waals surface area contributed by atoms with Gasteiger partial charge in [0.2, 0.25) is 0 Å². The third kappa shape index (κ3) is 1.92. The first-order chi connectivity index (χ1) is 5.65. The molecule has 0 aliphatic heterocycles. The van der Waals surface area contributed by atoms with Gasteiger partial charge in [0.15, 0.2) is 0 Å². The van der Waals surface area contributed by atoms with Gasteiger partial charge in [0.05, 0.1) is 23.5 Å². The lowest BCUT2D eigenvalue weighted by Crippen LogP contribution is -2.11. The summed E-state index contributed by atoms with van der Waals surface area (Å²) in [6.45, 7) is -0.922. The average molecular weight is 197 g/mol. The van der Waals surface area contributed by atoms with Gasteiger partial charge >= 0.3 is 0 Å². The van der Waals surface area contributed by atoms with Crippen molar-refractivity contribution in [2.24, 2.45) is 0 Å². The molecule has 0 aromatic carbocycles. The summed E-state index contributed by atoms with van der Waals surface area (Å²) in [5.74, 6) is 0. The highest BCUT2D eigenvalue weighted by atomic mass is 35.5. The van der Waals surface area contributed by atoms with E-state index < -0.39 is 13.0 Å². The van der Waals surface area contributed by atoms with Crippen LogP contribution in [0.1, 0.15) is 5.69 Å². The Kier molecular flexibility index (Phi) is 2.99. The summed E-state index contributed by atoms with van der Waals surface area (Å²) in [6.07, 6.45) is -1.26. The smallest absolute Gasteiger partial charge is 0.257 e. The zero-order valence-electron chi connectivity index (χ0n) is 6.04. The van der Waals surface area contributed by atoms with Gasteiger partial charge in [-0.3, -0.25) is 4.68 Å². The molecule has 68 valence electrons. The van der Waals surface area contributed by atoms with Crippen molar-refractivity contribution >= 4 is 11.6 Å². The second kappa shape index (κ2) is 3.82. The Balaban J connectivity index is 2.84. The lowest BCUT2D eigenvalue weighted by molar-refractivity contribution is 0.118. The van der Waals surface area contributed by atoms with Crippen molar-refractivity contribution in [1.82, 2.24) is 9.78 Å². The van der Waals surface area contributed by atoms with E-state index in [0.29, 0.717) is 0 Å². The van der Waals surface area contributed by atoms with E-state index in [4.69, 9.17) is 16.7 Å². The second-order valence-corrected chi connectivity index (χ2v) is 2.58. The Bertz CT molecular complexity index is 264. The number of hydrogen-bond acceptors (Lipinski definition) is 2. The number of aliphatic hydroxyl groups is 1. The zero-order valence-corrected chi connectivity index (χ0v) is 6.80. The predicted octanol–water partition coefficient (Wildman–Crippen LogP) is 1.29. The number of aliphatic hydroxyl groups excluding tert-OH is 1. The first-order valence-corrected chi connectivity index (χ1v) is 3.62. The van der Waals surface area contributed by atoms with Crippen LogP contribution in [0.15, 0.2) is 6.20 Å². The number of alkyl halides is 2. The van der Waals surface area contributed by atoms with Gasteiger partial charge in [-0.15, -0.1) is 0 Å². The zero-order chi connectivity index (χ0) is 9.14. The van der Waals surface area contributed by atoms with Crippen LogP contribution < -0.4 is 0 Å². The SMILES string of the molecule is OCc1c(Cl)cnn1CC(F)F. The molecule has 0 aliphatic rings. The van der Waals surface area contributed by atoms with Crippen LogP contribution in [-0.4, -0.2) is 21.3 Å². The minimum absolute atomic E-state index is 0.207. The Morgan fingerprint density at radius 2 is 2.33 bits per heavy atom. The van der Waals surface area contributed by atoms with E-state index in [0.717, 1.165) is 4.68 Å². The molecule has 0 fully saturated rings. The van der Waals surface area contributed by atoms with Crippen molar-refractivity contribution in [3.63, 3.8) is 0 Å². The standard InChI is InChI=1S/C6H7ClF2N2O/c7-4-1-10-11(2-6(8)9)5(4)3-12/h1,6,12H,2-3H2. The molecule has 0 amide bonds. The summed E-state index contributed by atoms with van der Waals surface area (Å²) < 4.78 is 24.7. The predicted molar refractivity (Wildman–Crippen MR) is 39.2 cm³/mol. The number of nitrogens with zero attached hydrogens (tertiary/aromatic N) is 2. The molecule has 12 heavy (non-hydrogen) atoms. The van der Waals surface area contributed by atoms with E-state index in [1.54, 1.807) is 0 Å². The Hall–Kier alpha value is -0.680. The monoisotopic (exact) mass is 196 g/mol. The Labute approximate surface area is 72.6 Å². The van der Waals surface area contributed by atoms with Gasteiger partial charge in [-0.05, 0) is 0 Å². The summed E-state index contributed by atoms with van der Waals surface area (Å²) in [4.78, 5) is 0. The van der Waals surface area contributed by atoms with Crippen LogP contribution in [0.2, 0.25) is 5.02 Å². The first-order valence-electron chi connectivity index (χ1n) is 3.24. The molecular formula is C6H7ClF2N2O. The molecule has 0 radical (unpaired) electrons. The van der Waals surface area contributed by atoms with E-state index in [2.05, 4.69) is 5.10 Å². The van der Waals surface area contributed by atoms with Gasteiger partial charge in [-0.25, -0.2) is 8.78 Å². The van der Waals surface area contributed by atoms with Gasteiger partial charge in [-0.1, -0.05) is 11.6 Å². The quantitative estimate of drug-likeness (QED) is 0.791. The highest BCUT2D eigenvalue weighted by Gasteiger charge is 2.11. The molecule has 0 atom stereocenters. The number of aromatic nitrogens is 2. The van der Waals surface area contributed by atoms with E-state index in [1.807, 2.05) is 0 Å². The lowest BCUT2D eigenvalue weighted by Gasteiger charge is -2.03. The van der Waals surface area contributed by atoms with Crippen LogP contribution in [0.3, 0.4) is 0 Å². The van der Waals surface area contributed by atoms with Gasteiger partial charge in [-0.2, -0.15) is 5.10 Å². The first kappa shape index (κ1) is 9.41. The Morgan fingerprint density at radius 1 is 1.67 bits per heavy atom. The molecule has 1 rings (SSSR count). The molecule has 0 bridgehead atoms. The normalized spacial score (nSPS) is 11.1. The molecule has 0 unspecified atom stereocenters. The molecule has 0 spiro atoms. The fourth-order valence-corrected chi connectivity index (χ4v) is 1.03. The lowest BCUT2D eigenvalue weighted by atomic mass is 10.4. The average Bonchev–Trinajstić information content (AvgIpc) is 2.30. The molecule has 1 N–H and O–H groups in total. The van der Waals surface area contributed by atoms with E-state index in [-0.39, 0.29) is 17.3 Å². The van der Waals surface area contributed by atoms with Crippen LogP contribution in [-0.2, 0) is 13.2 Å². The highest BCUT2D eigenvalue weighted by molar-refractivity contribution is 6.31. The fraction of sp³-hybridized carbons (Fsp3) is 0.500.